The molecular formula is C16H22O4. The Hall–Kier alpha value is -1.84. The standard InChI is InChI=1S/C16H22O4/c1-16(2,3)20-14(17)11-7-5-9-12-8-4-6-10-13(12)15(18)19/h4,6,8,10H,5,7,9,11H2,1-3H3,(H,18,19). The van der Waals surface area contributed by atoms with Gasteiger partial charge in [-0.3, -0.25) is 4.79 Å². The highest BCUT2D eigenvalue weighted by Gasteiger charge is 2.15. The highest BCUT2D eigenvalue weighted by molar-refractivity contribution is 5.89. The minimum absolute atomic E-state index is 0.205. The second kappa shape index (κ2) is 7.08. The van der Waals surface area contributed by atoms with E-state index in [1.54, 1.807) is 12.1 Å². The number of carbonyl (C=O) groups excluding carboxylic acids is 1. The molecule has 0 aliphatic rings. The lowest BCUT2D eigenvalue weighted by molar-refractivity contribution is -0.154. The number of unbranched alkanes of at least 4 members (excludes halogenated alkanes) is 1. The van der Waals surface area contributed by atoms with Gasteiger partial charge in [0, 0.05) is 6.42 Å². The molecule has 0 unspecified atom stereocenters. The Balaban J connectivity index is 2.39. The lowest BCUT2D eigenvalue weighted by atomic mass is 10.0. The van der Waals surface area contributed by atoms with Gasteiger partial charge in [-0.15, -0.1) is 0 Å². The molecule has 1 N–H and O–H groups in total. The van der Waals surface area contributed by atoms with Gasteiger partial charge in [0.15, 0.2) is 0 Å². The van der Waals surface area contributed by atoms with Crippen molar-refractivity contribution in [1.82, 2.24) is 0 Å². The Kier molecular flexibility index (Phi) is 5.74. The van der Waals surface area contributed by atoms with Gasteiger partial charge in [-0.2, -0.15) is 0 Å². The smallest absolute Gasteiger partial charge is 0.335 e. The maximum absolute atomic E-state index is 11.5. The van der Waals surface area contributed by atoms with Crippen molar-refractivity contribution in [2.24, 2.45) is 0 Å². The van der Waals surface area contributed by atoms with Crippen molar-refractivity contribution in [1.29, 1.82) is 0 Å². The minimum Gasteiger partial charge on any atom is -0.478 e. The summed E-state index contributed by atoms with van der Waals surface area (Å²) in [6.07, 6.45) is 2.49. The Labute approximate surface area is 119 Å². The van der Waals surface area contributed by atoms with Crippen LogP contribution in [0.2, 0.25) is 0 Å². The van der Waals surface area contributed by atoms with Gasteiger partial charge in [0.05, 0.1) is 5.56 Å². The van der Waals surface area contributed by atoms with E-state index < -0.39 is 11.6 Å². The van der Waals surface area contributed by atoms with E-state index in [1.165, 1.54) is 0 Å². The first kappa shape index (κ1) is 16.2. The summed E-state index contributed by atoms with van der Waals surface area (Å²) >= 11 is 0. The molecule has 0 radical (unpaired) electrons. The maximum Gasteiger partial charge on any atom is 0.335 e. The fraction of sp³-hybridized carbons (Fsp3) is 0.500. The van der Waals surface area contributed by atoms with Crippen LogP contribution in [0.3, 0.4) is 0 Å². The SMILES string of the molecule is CC(C)(C)OC(=O)CCCCc1ccccc1C(=O)O. The van der Waals surface area contributed by atoms with Gasteiger partial charge >= 0.3 is 11.9 Å². The molecule has 0 aliphatic heterocycles. The van der Waals surface area contributed by atoms with Crippen LogP contribution in [0.4, 0.5) is 0 Å². The molecule has 0 aromatic heterocycles. The van der Waals surface area contributed by atoms with Gasteiger partial charge in [0.25, 0.3) is 0 Å². The third-order valence-corrected chi connectivity index (χ3v) is 2.74. The molecule has 4 nitrogen and oxygen atoms in total. The second-order valence-corrected chi connectivity index (χ2v) is 5.76. The molecule has 0 fully saturated rings. The van der Waals surface area contributed by atoms with Gasteiger partial charge in [0.2, 0.25) is 0 Å². The van der Waals surface area contributed by atoms with E-state index in [4.69, 9.17) is 9.84 Å². The molecule has 20 heavy (non-hydrogen) atoms. The highest BCUT2D eigenvalue weighted by Crippen LogP contribution is 2.14. The van der Waals surface area contributed by atoms with Crippen LogP contribution in [0, 0.1) is 0 Å². The molecule has 1 aromatic rings. The molecule has 0 spiro atoms. The van der Waals surface area contributed by atoms with Crippen molar-refractivity contribution in [3.63, 3.8) is 0 Å². The molecule has 110 valence electrons. The van der Waals surface area contributed by atoms with Crippen LogP contribution in [-0.4, -0.2) is 22.6 Å². The average Bonchev–Trinajstić information content (AvgIpc) is 2.33. The maximum atomic E-state index is 11.5. The van der Waals surface area contributed by atoms with Crippen molar-refractivity contribution in [3.8, 4) is 0 Å². The molecule has 0 saturated carbocycles. The van der Waals surface area contributed by atoms with Gasteiger partial charge in [-0.1, -0.05) is 18.2 Å². The van der Waals surface area contributed by atoms with E-state index in [-0.39, 0.29) is 5.97 Å². The quantitative estimate of drug-likeness (QED) is 0.639. The van der Waals surface area contributed by atoms with Crippen molar-refractivity contribution < 1.29 is 19.4 Å². The first-order valence-corrected chi connectivity index (χ1v) is 6.82. The molecule has 4 heteroatoms. The van der Waals surface area contributed by atoms with Crippen LogP contribution in [0.1, 0.15) is 56.0 Å². The summed E-state index contributed by atoms with van der Waals surface area (Å²) in [5.41, 5.74) is 0.696. The summed E-state index contributed by atoms with van der Waals surface area (Å²) in [4.78, 5) is 22.6. The molecule has 0 saturated heterocycles. The Bertz CT molecular complexity index is 472. The second-order valence-electron chi connectivity index (χ2n) is 5.76. The number of esters is 1. The minimum atomic E-state index is -0.909. The van der Waals surface area contributed by atoms with Crippen molar-refractivity contribution >= 4 is 11.9 Å². The van der Waals surface area contributed by atoms with Crippen molar-refractivity contribution in [2.45, 2.75) is 52.1 Å². The predicted molar refractivity (Wildman–Crippen MR) is 76.8 cm³/mol. The molecule has 0 heterocycles. The zero-order valence-electron chi connectivity index (χ0n) is 12.3. The van der Waals surface area contributed by atoms with E-state index in [1.807, 2.05) is 32.9 Å². The van der Waals surface area contributed by atoms with Gasteiger partial charge in [0.1, 0.15) is 5.60 Å². The third-order valence-electron chi connectivity index (χ3n) is 2.74. The molecule has 0 atom stereocenters. The number of aryl methyl sites for hydroxylation is 1. The highest BCUT2D eigenvalue weighted by atomic mass is 16.6. The summed E-state index contributed by atoms with van der Waals surface area (Å²) in [6, 6.07) is 6.96. The van der Waals surface area contributed by atoms with Crippen LogP contribution in [-0.2, 0) is 16.0 Å². The van der Waals surface area contributed by atoms with Crippen LogP contribution >= 0.6 is 0 Å². The molecule has 0 bridgehead atoms. The monoisotopic (exact) mass is 278 g/mol. The van der Waals surface area contributed by atoms with Crippen molar-refractivity contribution in [2.75, 3.05) is 0 Å². The fourth-order valence-corrected chi connectivity index (χ4v) is 1.92. The van der Waals surface area contributed by atoms with Crippen molar-refractivity contribution in [3.05, 3.63) is 35.4 Å². The van der Waals surface area contributed by atoms with Gasteiger partial charge in [-0.25, -0.2) is 4.79 Å². The lowest BCUT2D eigenvalue weighted by Crippen LogP contribution is -2.23. The first-order chi connectivity index (χ1) is 9.29. The van der Waals surface area contributed by atoms with E-state index in [0.29, 0.717) is 24.8 Å². The largest absolute Gasteiger partial charge is 0.478 e. The third kappa shape index (κ3) is 5.87. The zero-order chi connectivity index (χ0) is 15.2. The van der Waals surface area contributed by atoms with Crippen LogP contribution in [0.5, 0.6) is 0 Å². The molecule has 0 aliphatic carbocycles. The zero-order valence-corrected chi connectivity index (χ0v) is 12.3. The Morgan fingerprint density at radius 3 is 2.40 bits per heavy atom. The molecule has 1 aromatic carbocycles. The fourth-order valence-electron chi connectivity index (χ4n) is 1.92. The van der Waals surface area contributed by atoms with Crippen LogP contribution in [0.25, 0.3) is 0 Å². The number of hydrogen-bond acceptors (Lipinski definition) is 3. The van der Waals surface area contributed by atoms with E-state index in [2.05, 4.69) is 0 Å². The number of carboxylic acids is 1. The number of ether oxygens (including phenoxy) is 1. The summed E-state index contributed by atoms with van der Waals surface area (Å²) in [6.45, 7) is 5.52. The number of rotatable bonds is 6. The van der Waals surface area contributed by atoms with E-state index in [0.717, 1.165) is 12.0 Å². The summed E-state index contributed by atoms with van der Waals surface area (Å²) < 4.78 is 5.22. The molecular weight excluding hydrogens is 256 g/mol. The number of hydrogen-bond donors (Lipinski definition) is 1. The van der Waals surface area contributed by atoms with Gasteiger partial charge < -0.3 is 9.84 Å². The topological polar surface area (TPSA) is 63.6 Å². The van der Waals surface area contributed by atoms with Gasteiger partial charge in [-0.05, 0) is 51.7 Å². The number of carbonyl (C=O) groups is 2. The van der Waals surface area contributed by atoms with E-state index in [9.17, 15) is 9.59 Å². The Morgan fingerprint density at radius 2 is 1.80 bits per heavy atom. The summed E-state index contributed by atoms with van der Waals surface area (Å²) in [7, 11) is 0. The van der Waals surface area contributed by atoms with Crippen LogP contribution in [0.15, 0.2) is 24.3 Å². The number of aromatic carboxylic acids is 1. The summed E-state index contributed by atoms with van der Waals surface area (Å²) in [5, 5.41) is 9.06. The predicted octanol–water partition coefficient (Wildman–Crippen LogP) is 3.44. The van der Waals surface area contributed by atoms with Crippen LogP contribution < -0.4 is 0 Å². The summed E-state index contributed by atoms with van der Waals surface area (Å²) in [5.74, 6) is -1.11. The normalized spacial score (nSPS) is 11.2. The first-order valence-electron chi connectivity index (χ1n) is 6.82. The Morgan fingerprint density at radius 1 is 1.15 bits per heavy atom. The molecule has 0 amide bonds. The number of benzene rings is 1. The lowest BCUT2D eigenvalue weighted by Gasteiger charge is -2.19. The average molecular weight is 278 g/mol. The van der Waals surface area contributed by atoms with E-state index >= 15 is 0 Å². The number of carboxylic acid groups (broad SMARTS) is 1. The molecule has 1 rings (SSSR count).